The minimum atomic E-state index is 0.309. The zero-order valence-electron chi connectivity index (χ0n) is 12.6. The first-order chi connectivity index (χ1) is 9.61. The second kappa shape index (κ2) is 6.70. The van der Waals surface area contributed by atoms with E-state index < -0.39 is 0 Å². The summed E-state index contributed by atoms with van der Waals surface area (Å²) in [4.78, 5) is 12.5. The van der Waals surface area contributed by atoms with Crippen LogP contribution in [0, 0.1) is 6.92 Å². The van der Waals surface area contributed by atoms with Gasteiger partial charge in [-0.25, -0.2) is 9.97 Å². The Hall–Kier alpha value is -1.62. The lowest BCUT2D eigenvalue weighted by atomic mass is 10.2. The number of aromatic nitrogens is 2. The minimum absolute atomic E-state index is 0.309. The maximum Gasteiger partial charge on any atom is 0.134 e. The predicted octanol–water partition coefficient (Wildman–Crippen LogP) is 3.87. The number of rotatable bonds is 6. The summed E-state index contributed by atoms with van der Waals surface area (Å²) in [5, 5.41) is 5.44. The summed E-state index contributed by atoms with van der Waals surface area (Å²) in [5.41, 5.74) is 0. The Balaban J connectivity index is 2.20. The summed E-state index contributed by atoms with van der Waals surface area (Å²) in [6, 6.07) is 6.58. The van der Waals surface area contributed by atoms with Gasteiger partial charge in [-0.2, -0.15) is 0 Å². The third kappa shape index (κ3) is 3.48. The van der Waals surface area contributed by atoms with Crippen molar-refractivity contribution < 1.29 is 0 Å². The quantitative estimate of drug-likeness (QED) is 0.877. The Morgan fingerprint density at radius 3 is 2.85 bits per heavy atom. The Morgan fingerprint density at radius 2 is 2.20 bits per heavy atom. The van der Waals surface area contributed by atoms with Crippen LogP contribution in [0.3, 0.4) is 0 Å². The van der Waals surface area contributed by atoms with Crippen molar-refractivity contribution in [3.05, 3.63) is 34.3 Å². The molecular formula is C15H22N4S. The lowest BCUT2D eigenvalue weighted by Gasteiger charge is -2.25. The van der Waals surface area contributed by atoms with Gasteiger partial charge in [-0.1, -0.05) is 13.0 Å². The van der Waals surface area contributed by atoms with Gasteiger partial charge in [0, 0.05) is 24.5 Å². The van der Waals surface area contributed by atoms with Crippen molar-refractivity contribution in [2.24, 2.45) is 0 Å². The molecule has 2 rings (SSSR count). The van der Waals surface area contributed by atoms with E-state index in [1.807, 2.05) is 13.0 Å². The van der Waals surface area contributed by atoms with Crippen LogP contribution in [0.2, 0.25) is 0 Å². The molecule has 1 unspecified atom stereocenters. The molecule has 0 aliphatic rings. The minimum Gasteiger partial charge on any atom is -0.370 e. The molecule has 5 heteroatoms. The van der Waals surface area contributed by atoms with Crippen LogP contribution in [0.4, 0.5) is 11.6 Å². The molecule has 0 aliphatic carbocycles. The Bertz CT molecular complexity index is 539. The summed E-state index contributed by atoms with van der Waals surface area (Å²) < 4.78 is 0. The largest absolute Gasteiger partial charge is 0.370 e. The van der Waals surface area contributed by atoms with Gasteiger partial charge in [-0.05, 0) is 31.7 Å². The fourth-order valence-corrected chi connectivity index (χ4v) is 2.82. The van der Waals surface area contributed by atoms with Gasteiger partial charge < -0.3 is 10.2 Å². The van der Waals surface area contributed by atoms with E-state index in [1.54, 1.807) is 11.3 Å². The highest BCUT2D eigenvalue weighted by Gasteiger charge is 2.15. The van der Waals surface area contributed by atoms with Gasteiger partial charge in [0.1, 0.15) is 17.5 Å². The maximum absolute atomic E-state index is 4.55. The fraction of sp³-hybridized carbons (Fsp3) is 0.467. The molecule has 0 aromatic carbocycles. The van der Waals surface area contributed by atoms with Crippen molar-refractivity contribution in [3.8, 4) is 0 Å². The van der Waals surface area contributed by atoms with E-state index in [9.17, 15) is 0 Å². The van der Waals surface area contributed by atoms with Crippen molar-refractivity contribution in [2.45, 2.75) is 33.2 Å². The van der Waals surface area contributed by atoms with Gasteiger partial charge >= 0.3 is 0 Å². The maximum atomic E-state index is 4.55. The summed E-state index contributed by atoms with van der Waals surface area (Å²) in [6.07, 6.45) is 1.08. The van der Waals surface area contributed by atoms with Crippen molar-refractivity contribution >= 4 is 23.0 Å². The van der Waals surface area contributed by atoms with Crippen LogP contribution in [0.1, 0.15) is 37.0 Å². The Kier molecular flexibility index (Phi) is 4.95. The summed E-state index contributed by atoms with van der Waals surface area (Å²) in [6.45, 7) is 7.21. The van der Waals surface area contributed by atoms with Crippen LogP contribution in [-0.2, 0) is 0 Å². The molecule has 2 heterocycles. The first-order valence-electron chi connectivity index (χ1n) is 6.97. The van der Waals surface area contributed by atoms with Gasteiger partial charge in [0.05, 0.1) is 6.04 Å². The van der Waals surface area contributed by atoms with E-state index in [4.69, 9.17) is 0 Å². The Morgan fingerprint density at radius 1 is 1.40 bits per heavy atom. The third-order valence-electron chi connectivity index (χ3n) is 3.28. The van der Waals surface area contributed by atoms with Crippen LogP contribution in [0.5, 0.6) is 0 Å². The van der Waals surface area contributed by atoms with Gasteiger partial charge in [-0.15, -0.1) is 11.3 Å². The summed E-state index contributed by atoms with van der Waals surface area (Å²) in [5.74, 6) is 2.66. The van der Waals surface area contributed by atoms with E-state index >= 15 is 0 Å². The molecule has 4 nitrogen and oxygen atoms in total. The van der Waals surface area contributed by atoms with Crippen molar-refractivity contribution in [1.29, 1.82) is 0 Å². The molecular weight excluding hydrogens is 268 g/mol. The molecule has 0 aliphatic heterocycles. The van der Waals surface area contributed by atoms with Crippen LogP contribution in [0.25, 0.3) is 0 Å². The molecule has 1 atom stereocenters. The second-order valence-electron chi connectivity index (χ2n) is 4.89. The van der Waals surface area contributed by atoms with E-state index in [2.05, 4.69) is 58.6 Å². The first kappa shape index (κ1) is 14.8. The smallest absolute Gasteiger partial charge is 0.134 e. The zero-order valence-corrected chi connectivity index (χ0v) is 13.4. The van der Waals surface area contributed by atoms with E-state index in [1.165, 1.54) is 4.88 Å². The molecule has 0 saturated carbocycles. The van der Waals surface area contributed by atoms with Gasteiger partial charge in [0.2, 0.25) is 0 Å². The highest BCUT2D eigenvalue weighted by Crippen LogP contribution is 2.27. The number of nitrogens with zero attached hydrogens (tertiary/aromatic N) is 3. The highest BCUT2D eigenvalue weighted by atomic mass is 32.1. The molecule has 0 spiro atoms. The standard InChI is InChI=1S/C15H22N4S/c1-5-8-16-14-10-15(18-12(3)17-14)19(4)11(2)13-7-6-9-20-13/h6-7,9-11H,5,8H2,1-4H3,(H,16,17,18). The molecule has 2 aromatic heterocycles. The van der Waals surface area contributed by atoms with Crippen molar-refractivity contribution in [1.82, 2.24) is 9.97 Å². The number of hydrogen-bond donors (Lipinski definition) is 1. The van der Waals surface area contributed by atoms with E-state index in [0.717, 1.165) is 30.4 Å². The number of nitrogens with one attached hydrogen (secondary N) is 1. The van der Waals surface area contributed by atoms with Crippen LogP contribution in [0.15, 0.2) is 23.6 Å². The van der Waals surface area contributed by atoms with Crippen LogP contribution < -0.4 is 10.2 Å². The van der Waals surface area contributed by atoms with Gasteiger partial charge in [-0.3, -0.25) is 0 Å². The Labute approximate surface area is 124 Å². The lowest BCUT2D eigenvalue weighted by Crippen LogP contribution is -2.22. The molecule has 0 radical (unpaired) electrons. The molecule has 0 fully saturated rings. The second-order valence-corrected chi connectivity index (χ2v) is 5.87. The molecule has 1 N–H and O–H groups in total. The monoisotopic (exact) mass is 290 g/mol. The van der Waals surface area contributed by atoms with Crippen molar-refractivity contribution in [3.63, 3.8) is 0 Å². The van der Waals surface area contributed by atoms with Crippen LogP contribution in [-0.4, -0.2) is 23.6 Å². The highest BCUT2D eigenvalue weighted by molar-refractivity contribution is 7.10. The third-order valence-corrected chi connectivity index (χ3v) is 4.32. The summed E-state index contributed by atoms with van der Waals surface area (Å²) >= 11 is 1.78. The molecule has 2 aromatic rings. The molecule has 20 heavy (non-hydrogen) atoms. The van der Waals surface area contributed by atoms with Gasteiger partial charge in [0.25, 0.3) is 0 Å². The van der Waals surface area contributed by atoms with Gasteiger partial charge in [0.15, 0.2) is 0 Å². The predicted molar refractivity (Wildman–Crippen MR) is 86.7 cm³/mol. The average Bonchev–Trinajstić information content (AvgIpc) is 2.97. The van der Waals surface area contributed by atoms with E-state index in [0.29, 0.717) is 6.04 Å². The van der Waals surface area contributed by atoms with E-state index in [-0.39, 0.29) is 0 Å². The van der Waals surface area contributed by atoms with Crippen LogP contribution >= 0.6 is 11.3 Å². The molecule has 0 saturated heterocycles. The number of thiophene rings is 1. The molecule has 0 bridgehead atoms. The first-order valence-corrected chi connectivity index (χ1v) is 7.85. The lowest BCUT2D eigenvalue weighted by molar-refractivity contribution is 0.737. The zero-order chi connectivity index (χ0) is 14.5. The molecule has 0 amide bonds. The number of anilines is 2. The fourth-order valence-electron chi connectivity index (χ4n) is 1.99. The average molecular weight is 290 g/mol. The number of hydrogen-bond acceptors (Lipinski definition) is 5. The summed E-state index contributed by atoms with van der Waals surface area (Å²) in [7, 11) is 2.08. The van der Waals surface area contributed by atoms with Crippen molar-refractivity contribution in [2.75, 3.05) is 23.8 Å². The normalized spacial score (nSPS) is 12.2. The SMILES string of the molecule is CCCNc1cc(N(C)C(C)c2cccs2)nc(C)n1. The molecule has 108 valence electrons. The topological polar surface area (TPSA) is 41.0 Å². The number of aryl methyl sites for hydroxylation is 1.